The van der Waals surface area contributed by atoms with E-state index in [1.54, 1.807) is 0 Å². The van der Waals surface area contributed by atoms with E-state index in [2.05, 4.69) is 24.5 Å². The molecule has 34 heavy (non-hydrogen) atoms. The second kappa shape index (κ2) is 12.5. The van der Waals surface area contributed by atoms with Crippen molar-refractivity contribution in [3.8, 4) is 17.2 Å². The van der Waals surface area contributed by atoms with E-state index < -0.39 is 30.4 Å². The highest BCUT2D eigenvalue weighted by atomic mass is 16.5. The Morgan fingerprint density at radius 1 is 0.941 bits per heavy atom. The lowest BCUT2D eigenvalue weighted by molar-refractivity contribution is -0.152. The number of para-hydroxylation sites is 1. The van der Waals surface area contributed by atoms with Gasteiger partial charge in [0.05, 0.1) is 21.3 Å². The second-order valence-electron chi connectivity index (χ2n) is 7.61. The number of anilines is 1. The van der Waals surface area contributed by atoms with Crippen molar-refractivity contribution in [1.29, 1.82) is 0 Å². The van der Waals surface area contributed by atoms with Gasteiger partial charge in [-0.25, -0.2) is 0 Å². The molecule has 2 aromatic carbocycles. The minimum atomic E-state index is -1.05. The zero-order valence-electron chi connectivity index (χ0n) is 20.4. The molecule has 0 saturated carbocycles. The molecule has 2 unspecified atom stereocenters. The first-order valence-corrected chi connectivity index (χ1v) is 10.9. The number of nitrogens with one attached hydrogen (secondary N) is 2. The smallest absolute Gasteiger partial charge is 0.326 e. The number of ether oxygens (including phenoxy) is 4. The Balaban J connectivity index is 1.96. The second-order valence-corrected chi connectivity index (χ2v) is 7.61. The van der Waals surface area contributed by atoms with E-state index in [-0.39, 0.29) is 11.5 Å². The molecule has 0 spiro atoms. The lowest BCUT2D eigenvalue weighted by atomic mass is 9.97. The maximum atomic E-state index is 12.6. The molecule has 2 aromatic rings. The Hall–Kier alpha value is -3.75. The van der Waals surface area contributed by atoms with Crippen LogP contribution in [0.15, 0.2) is 36.4 Å². The lowest BCUT2D eigenvalue weighted by Gasteiger charge is -2.18. The van der Waals surface area contributed by atoms with Crippen molar-refractivity contribution in [2.45, 2.75) is 39.2 Å². The molecule has 9 heteroatoms. The van der Waals surface area contributed by atoms with Crippen LogP contribution in [0.5, 0.6) is 17.2 Å². The molecule has 0 saturated heterocycles. The number of hydrogen-bond acceptors (Lipinski definition) is 7. The van der Waals surface area contributed by atoms with Crippen molar-refractivity contribution in [1.82, 2.24) is 5.32 Å². The van der Waals surface area contributed by atoms with Crippen molar-refractivity contribution >= 4 is 23.5 Å². The van der Waals surface area contributed by atoms with Crippen LogP contribution in [0.4, 0.5) is 5.69 Å². The number of carbonyl (C=O) groups is 3. The summed E-state index contributed by atoms with van der Waals surface area (Å²) in [7, 11) is 4.32. The van der Waals surface area contributed by atoms with Gasteiger partial charge < -0.3 is 29.6 Å². The Bertz CT molecular complexity index is 997. The SMILES string of the molecule is CCC(C)c1ccccc1NC(=O)C(C)OC(=O)CNC(=O)c1cc(OC)c(OC)c(OC)c1. The Kier molecular flexibility index (Phi) is 9.73. The Morgan fingerprint density at radius 2 is 1.56 bits per heavy atom. The van der Waals surface area contributed by atoms with Gasteiger partial charge in [0.1, 0.15) is 6.54 Å². The predicted molar refractivity (Wildman–Crippen MR) is 128 cm³/mol. The van der Waals surface area contributed by atoms with Gasteiger partial charge >= 0.3 is 5.97 Å². The Labute approximate surface area is 199 Å². The number of methoxy groups -OCH3 is 3. The topological polar surface area (TPSA) is 112 Å². The normalized spacial score (nSPS) is 12.2. The highest BCUT2D eigenvalue weighted by Crippen LogP contribution is 2.38. The van der Waals surface area contributed by atoms with Crippen LogP contribution in [0, 0.1) is 0 Å². The maximum absolute atomic E-state index is 12.6. The molecular formula is C25H32N2O7. The first-order chi connectivity index (χ1) is 16.2. The van der Waals surface area contributed by atoms with Crippen molar-refractivity contribution < 1.29 is 33.3 Å². The van der Waals surface area contributed by atoms with Crippen molar-refractivity contribution in [2.75, 3.05) is 33.2 Å². The quantitative estimate of drug-likeness (QED) is 0.481. The summed E-state index contributed by atoms with van der Waals surface area (Å²) in [6, 6.07) is 10.4. The third-order valence-electron chi connectivity index (χ3n) is 5.36. The third-order valence-corrected chi connectivity index (χ3v) is 5.36. The zero-order valence-corrected chi connectivity index (χ0v) is 20.4. The zero-order chi connectivity index (χ0) is 25.3. The summed E-state index contributed by atoms with van der Waals surface area (Å²) in [5, 5.41) is 5.28. The standard InChI is InChI=1S/C25H32N2O7/c1-7-15(2)18-10-8-9-11-19(18)27-24(29)16(3)34-22(28)14-26-25(30)17-12-20(31-4)23(33-6)21(13-17)32-5/h8-13,15-16H,7,14H2,1-6H3,(H,26,30)(H,27,29). The van der Waals surface area contributed by atoms with Crippen molar-refractivity contribution in [3.05, 3.63) is 47.5 Å². The van der Waals surface area contributed by atoms with Gasteiger partial charge in [0, 0.05) is 11.3 Å². The summed E-state index contributed by atoms with van der Waals surface area (Å²) in [4.78, 5) is 37.3. The molecule has 0 radical (unpaired) electrons. The fourth-order valence-corrected chi connectivity index (χ4v) is 3.25. The molecule has 2 amide bonds. The summed E-state index contributed by atoms with van der Waals surface area (Å²) in [5.41, 5.74) is 1.89. The summed E-state index contributed by atoms with van der Waals surface area (Å²) in [5.74, 6) is -0.542. The predicted octanol–water partition coefficient (Wildman–Crippen LogP) is 3.53. The van der Waals surface area contributed by atoms with Crippen LogP contribution in [-0.2, 0) is 14.3 Å². The highest BCUT2D eigenvalue weighted by Gasteiger charge is 2.21. The van der Waals surface area contributed by atoms with Crippen LogP contribution in [-0.4, -0.2) is 51.8 Å². The van der Waals surface area contributed by atoms with Gasteiger partial charge in [-0.1, -0.05) is 32.0 Å². The summed E-state index contributed by atoms with van der Waals surface area (Å²) in [6.45, 7) is 5.20. The van der Waals surface area contributed by atoms with Crippen molar-refractivity contribution in [2.24, 2.45) is 0 Å². The molecule has 2 rings (SSSR count). The largest absolute Gasteiger partial charge is 0.493 e. The van der Waals surface area contributed by atoms with E-state index in [1.165, 1.54) is 40.4 Å². The Morgan fingerprint density at radius 3 is 2.12 bits per heavy atom. The first-order valence-electron chi connectivity index (χ1n) is 10.9. The summed E-state index contributed by atoms with van der Waals surface area (Å²) < 4.78 is 20.9. The van der Waals surface area contributed by atoms with Gasteiger partial charge in [-0.2, -0.15) is 0 Å². The molecule has 2 atom stereocenters. The van der Waals surface area contributed by atoms with Gasteiger partial charge in [0.15, 0.2) is 17.6 Å². The monoisotopic (exact) mass is 472 g/mol. The molecule has 0 aliphatic rings. The van der Waals surface area contributed by atoms with Gasteiger partial charge in [-0.15, -0.1) is 0 Å². The first kappa shape index (κ1) is 26.5. The number of carbonyl (C=O) groups excluding carboxylic acids is 3. The molecule has 0 bridgehead atoms. The minimum Gasteiger partial charge on any atom is -0.493 e. The average molecular weight is 473 g/mol. The molecule has 184 valence electrons. The molecule has 0 heterocycles. The van der Waals surface area contributed by atoms with Crippen LogP contribution in [0.2, 0.25) is 0 Å². The van der Waals surface area contributed by atoms with E-state index in [4.69, 9.17) is 18.9 Å². The van der Waals surface area contributed by atoms with Gasteiger partial charge in [-0.05, 0) is 43.0 Å². The number of esters is 1. The van der Waals surface area contributed by atoms with E-state index in [0.29, 0.717) is 22.9 Å². The minimum absolute atomic E-state index is 0.203. The van der Waals surface area contributed by atoms with Crippen molar-refractivity contribution in [3.63, 3.8) is 0 Å². The fourth-order valence-electron chi connectivity index (χ4n) is 3.25. The fraction of sp³-hybridized carbons (Fsp3) is 0.400. The molecular weight excluding hydrogens is 440 g/mol. The molecule has 2 N–H and O–H groups in total. The van der Waals surface area contributed by atoms with Crippen LogP contribution < -0.4 is 24.8 Å². The van der Waals surface area contributed by atoms with Gasteiger partial charge in [-0.3, -0.25) is 14.4 Å². The average Bonchev–Trinajstić information content (AvgIpc) is 2.85. The van der Waals surface area contributed by atoms with Crippen LogP contribution in [0.25, 0.3) is 0 Å². The van der Waals surface area contributed by atoms with E-state index in [1.807, 2.05) is 24.3 Å². The van der Waals surface area contributed by atoms with E-state index in [0.717, 1.165) is 12.0 Å². The number of rotatable bonds is 11. The van der Waals surface area contributed by atoms with Gasteiger partial charge in [0.2, 0.25) is 5.75 Å². The van der Waals surface area contributed by atoms with Crippen LogP contribution in [0.3, 0.4) is 0 Å². The lowest BCUT2D eigenvalue weighted by Crippen LogP contribution is -2.36. The molecule has 0 aliphatic heterocycles. The number of amides is 2. The molecule has 0 aliphatic carbocycles. The maximum Gasteiger partial charge on any atom is 0.326 e. The molecule has 0 aromatic heterocycles. The summed E-state index contributed by atoms with van der Waals surface area (Å²) in [6.07, 6.45) is -0.126. The van der Waals surface area contributed by atoms with Crippen LogP contribution >= 0.6 is 0 Å². The molecule has 9 nitrogen and oxygen atoms in total. The number of hydrogen-bond donors (Lipinski definition) is 2. The van der Waals surface area contributed by atoms with E-state index in [9.17, 15) is 14.4 Å². The van der Waals surface area contributed by atoms with Gasteiger partial charge in [0.25, 0.3) is 11.8 Å². The molecule has 0 fully saturated rings. The number of benzene rings is 2. The highest BCUT2D eigenvalue weighted by molar-refractivity contribution is 5.98. The summed E-state index contributed by atoms with van der Waals surface area (Å²) >= 11 is 0. The van der Waals surface area contributed by atoms with Crippen LogP contribution in [0.1, 0.15) is 49.0 Å². The van der Waals surface area contributed by atoms with E-state index >= 15 is 0 Å². The third kappa shape index (κ3) is 6.63.